The van der Waals surface area contributed by atoms with Crippen molar-refractivity contribution < 1.29 is 9.53 Å². The van der Waals surface area contributed by atoms with Gasteiger partial charge in [-0.1, -0.05) is 12.8 Å². The minimum atomic E-state index is -0.436. The number of hydrogen-bond donors (Lipinski definition) is 1. The maximum atomic E-state index is 12.4. The summed E-state index contributed by atoms with van der Waals surface area (Å²) >= 11 is 0. The molecular formula is C15H30N2O2. The van der Waals surface area contributed by atoms with E-state index in [1.165, 1.54) is 12.8 Å². The Kier molecular flexibility index (Phi) is 5.65. The average molecular weight is 270 g/mol. The SMILES string of the molecule is CN[C@H]1CCCC[C@@H]1N(C(=O)OC(C)(C)C)C(C)C. The number of carbonyl (C=O) groups excluding carboxylic acids is 1. The fraction of sp³-hybridized carbons (Fsp3) is 0.933. The van der Waals surface area contributed by atoms with Gasteiger partial charge < -0.3 is 15.0 Å². The average Bonchev–Trinajstić information content (AvgIpc) is 2.26. The Labute approximate surface area is 117 Å². The van der Waals surface area contributed by atoms with E-state index in [0.717, 1.165) is 12.8 Å². The van der Waals surface area contributed by atoms with Crippen LogP contribution in [0, 0.1) is 0 Å². The number of rotatable bonds is 3. The standard InChI is InChI=1S/C15H30N2O2/c1-11(2)17(14(18)19-15(3,4)5)13-10-8-7-9-12(13)16-6/h11-13,16H,7-10H2,1-6H3/t12-,13-/m0/s1. The first-order valence-electron chi connectivity index (χ1n) is 7.45. The molecule has 1 aliphatic rings. The summed E-state index contributed by atoms with van der Waals surface area (Å²) in [4.78, 5) is 14.4. The number of amides is 1. The van der Waals surface area contributed by atoms with Gasteiger partial charge in [0.1, 0.15) is 5.60 Å². The third-order valence-corrected chi connectivity index (χ3v) is 3.62. The van der Waals surface area contributed by atoms with E-state index >= 15 is 0 Å². The zero-order valence-corrected chi connectivity index (χ0v) is 13.3. The van der Waals surface area contributed by atoms with Gasteiger partial charge in [0.2, 0.25) is 0 Å². The van der Waals surface area contributed by atoms with Crippen molar-refractivity contribution in [2.45, 2.75) is 84.0 Å². The summed E-state index contributed by atoms with van der Waals surface area (Å²) in [5.41, 5.74) is -0.436. The fourth-order valence-electron chi connectivity index (χ4n) is 2.82. The molecule has 0 spiro atoms. The molecule has 1 rings (SSSR count). The van der Waals surface area contributed by atoms with Crippen molar-refractivity contribution in [3.05, 3.63) is 0 Å². The summed E-state index contributed by atoms with van der Waals surface area (Å²) in [6, 6.07) is 0.783. The lowest BCUT2D eigenvalue weighted by Gasteiger charge is -2.42. The van der Waals surface area contributed by atoms with E-state index < -0.39 is 5.60 Å². The number of hydrogen-bond acceptors (Lipinski definition) is 3. The lowest BCUT2D eigenvalue weighted by molar-refractivity contribution is -0.000496. The minimum absolute atomic E-state index is 0.161. The first kappa shape index (κ1) is 16.3. The molecule has 0 heterocycles. The van der Waals surface area contributed by atoms with E-state index in [0.29, 0.717) is 6.04 Å². The smallest absolute Gasteiger partial charge is 0.410 e. The Balaban J connectivity index is 2.83. The van der Waals surface area contributed by atoms with Crippen molar-refractivity contribution >= 4 is 6.09 Å². The monoisotopic (exact) mass is 270 g/mol. The van der Waals surface area contributed by atoms with Crippen LogP contribution in [0.15, 0.2) is 0 Å². The van der Waals surface area contributed by atoms with Crippen LogP contribution in [0.2, 0.25) is 0 Å². The molecule has 1 fully saturated rings. The molecule has 4 nitrogen and oxygen atoms in total. The topological polar surface area (TPSA) is 41.6 Å². The van der Waals surface area contributed by atoms with Gasteiger partial charge in [0.15, 0.2) is 0 Å². The van der Waals surface area contributed by atoms with Gasteiger partial charge >= 0.3 is 6.09 Å². The van der Waals surface area contributed by atoms with Crippen molar-refractivity contribution in [2.75, 3.05) is 7.05 Å². The molecule has 0 aliphatic heterocycles. The number of nitrogens with zero attached hydrogens (tertiary/aromatic N) is 1. The quantitative estimate of drug-likeness (QED) is 0.856. The highest BCUT2D eigenvalue weighted by Gasteiger charge is 2.35. The zero-order chi connectivity index (χ0) is 14.6. The molecule has 1 aliphatic carbocycles. The maximum absolute atomic E-state index is 12.4. The molecule has 0 radical (unpaired) electrons. The lowest BCUT2D eigenvalue weighted by atomic mass is 9.89. The van der Waals surface area contributed by atoms with Gasteiger partial charge in [0.25, 0.3) is 0 Å². The van der Waals surface area contributed by atoms with Crippen LogP contribution in [0.4, 0.5) is 4.79 Å². The van der Waals surface area contributed by atoms with Crippen molar-refractivity contribution in [1.29, 1.82) is 0 Å². The predicted octanol–water partition coefficient (Wildman–Crippen LogP) is 3.16. The Bertz CT molecular complexity index is 297. The third-order valence-electron chi connectivity index (χ3n) is 3.62. The molecule has 0 aromatic carbocycles. The van der Waals surface area contributed by atoms with Gasteiger partial charge in [-0.3, -0.25) is 0 Å². The van der Waals surface area contributed by atoms with Crippen LogP contribution in [0.5, 0.6) is 0 Å². The molecular weight excluding hydrogens is 240 g/mol. The Morgan fingerprint density at radius 2 is 1.84 bits per heavy atom. The van der Waals surface area contributed by atoms with Crippen LogP contribution in [0.1, 0.15) is 60.3 Å². The highest BCUT2D eigenvalue weighted by molar-refractivity contribution is 5.69. The number of carbonyl (C=O) groups is 1. The Hall–Kier alpha value is -0.770. The molecule has 112 valence electrons. The summed E-state index contributed by atoms with van der Waals surface area (Å²) in [5, 5.41) is 3.36. The summed E-state index contributed by atoms with van der Waals surface area (Å²) < 4.78 is 5.57. The molecule has 0 saturated heterocycles. The fourth-order valence-corrected chi connectivity index (χ4v) is 2.82. The first-order valence-corrected chi connectivity index (χ1v) is 7.45. The highest BCUT2D eigenvalue weighted by Crippen LogP contribution is 2.26. The predicted molar refractivity (Wildman–Crippen MR) is 78.3 cm³/mol. The van der Waals surface area contributed by atoms with E-state index in [-0.39, 0.29) is 18.2 Å². The second kappa shape index (κ2) is 6.60. The van der Waals surface area contributed by atoms with Crippen LogP contribution in [-0.2, 0) is 4.74 Å². The third kappa shape index (κ3) is 4.68. The van der Waals surface area contributed by atoms with Crippen molar-refractivity contribution in [2.24, 2.45) is 0 Å². The second-order valence-corrected chi connectivity index (χ2v) is 6.73. The van der Waals surface area contributed by atoms with Crippen LogP contribution in [0.3, 0.4) is 0 Å². The number of ether oxygens (including phenoxy) is 1. The first-order chi connectivity index (χ1) is 8.76. The van der Waals surface area contributed by atoms with E-state index in [1.807, 2.05) is 32.7 Å². The minimum Gasteiger partial charge on any atom is -0.444 e. The van der Waals surface area contributed by atoms with Gasteiger partial charge in [0, 0.05) is 12.1 Å². The van der Waals surface area contributed by atoms with Gasteiger partial charge in [-0.15, -0.1) is 0 Å². The summed E-state index contributed by atoms with van der Waals surface area (Å²) in [6.07, 6.45) is 4.43. The molecule has 1 N–H and O–H groups in total. The van der Waals surface area contributed by atoms with E-state index in [2.05, 4.69) is 19.2 Å². The van der Waals surface area contributed by atoms with E-state index in [4.69, 9.17) is 4.74 Å². The normalized spacial score (nSPS) is 24.4. The highest BCUT2D eigenvalue weighted by atomic mass is 16.6. The second-order valence-electron chi connectivity index (χ2n) is 6.73. The maximum Gasteiger partial charge on any atom is 0.410 e. The van der Waals surface area contributed by atoms with Gasteiger partial charge in [0.05, 0.1) is 6.04 Å². The molecule has 1 saturated carbocycles. The van der Waals surface area contributed by atoms with Crippen LogP contribution in [-0.4, -0.2) is 41.8 Å². The van der Waals surface area contributed by atoms with Crippen molar-refractivity contribution in [3.63, 3.8) is 0 Å². The summed E-state index contributed by atoms with van der Waals surface area (Å²) in [5.74, 6) is 0. The van der Waals surface area contributed by atoms with Crippen molar-refractivity contribution in [1.82, 2.24) is 10.2 Å². The largest absolute Gasteiger partial charge is 0.444 e. The summed E-state index contributed by atoms with van der Waals surface area (Å²) in [7, 11) is 1.98. The summed E-state index contributed by atoms with van der Waals surface area (Å²) in [6.45, 7) is 9.87. The van der Waals surface area contributed by atoms with Gasteiger partial charge in [-0.2, -0.15) is 0 Å². The molecule has 0 aromatic rings. The van der Waals surface area contributed by atoms with Crippen molar-refractivity contribution in [3.8, 4) is 0 Å². The van der Waals surface area contributed by atoms with E-state index in [1.54, 1.807) is 0 Å². The van der Waals surface area contributed by atoms with Crippen LogP contribution >= 0.6 is 0 Å². The molecule has 4 heteroatoms. The van der Waals surface area contributed by atoms with Gasteiger partial charge in [-0.25, -0.2) is 4.79 Å². The molecule has 0 unspecified atom stereocenters. The van der Waals surface area contributed by atoms with Crippen LogP contribution < -0.4 is 5.32 Å². The molecule has 1 amide bonds. The molecule has 0 bridgehead atoms. The zero-order valence-electron chi connectivity index (χ0n) is 13.3. The Morgan fingerprint density at radius 3 is 2.32 bits per heavy atom. The number of likely N-dealkylation sites (N-methyl/N-ethyl adjacent to an activating group) is 1. The van der Waals surface area contributed by atoms with E-state index in [9.17, 15) is 4.79 Å². The lowest BCUT2D eigenvalue weighted by Crippen LogP contribution is -2.56. The number of nitrogens with one attached hydrogen (secondary N) is 1. The Morgan fingerprint density at radius 1 is 1.26 bits per heavy atom. The molecule has 2 atom stereocenters. The molecule has 0 aromatic heterocycles. The van der Waals surface area contributed by atoms with Gasteiger partial charge in [-0.05, 0) is 54.5 Å². The van der Waals surface area contributed by atoms with Crippen LogP contribution in [0.25, 0.3) is 0 Å². The molecule has 19 heavy (non-hydrogen) atoms.